The van der Waals surface area contributed by atoms with Gasteiger partial charge >= 0.3 is 0 Å². The molecule has 0 aliphatic heterocycles. The number of hydrogen-bond acceptors (Lipinski definition) is 3. The van der Waals surface area contributed by atoms with Crippen LogP contribution in [0, 0.1) is 0 Å². The molecule has 0 spiro atoms. The van der Waals surface area contributed by atoms with Crippen molar-refractivity contribution < 1.29 is 5.11 Å². The first-order valence-corrected chi connectivity index (χ1v) is 5.42. The summed E-state index contributed by atoms with van der Waals surface area (Å²) in [6, 6.07) is 14.4. The number of halogens is 1. The second-order valence-electron chi connectivity index (χ2n) is 3.51. The van der Waals surface area contributed by atoms with Crippen LogP contribution in [-0.2, 0) is 0 Å². The Hall–Kier alpha value is -2.00. The molecule has 86 valence electrons. The van der Waals surface area contributed by atoms with Gasteiger partial charge in [-0.15, -0.1) is 0 Å². The van der Waals surface area contributed by atoms with E-state index in [0.29, 0.717) is 10.7 Å². The Balaban J connectivity index is 2.47. The summed E-state index contributed by atoms with van der Waals surface area (Å²) in [4.78, 5) is 0. The number of phenols is 1. The van der Waals surface area contributed by atoms with Crippen LogP contribution in [0.2, 0.25) is 5.02 Å². The van der Waals surface area contributed by atoms with Crippen molar-refractivity contribution in [3.8, 4) is 5.75 Å². The van der Waals surface area contributed by atoms with Crippen molar-refractivity contribution in [2.45, 2.75) is 0 Å². The van der Waals surface area contributed by atoms with Gasteiger partial charge < -0.3 is 10.9 Å². The normalized spacial score (nSPS) is 11.5. The lowest BCUT2D eigenvalue weighted by molar-refractivity contribution is 0.475. The van der Waals surface area contributed by atoms with E-state index >= 15 is 0 Å². The van der Waals surface area contributed by atoms with Crippen LogP contribution < -0.4 is 5.84 Å². The minimum atomic E-state index is 0.0150. The number of rotatable bonds is 2. The van der Waals surface area contributed by atoms with Crippen molar-refractivity contribution in [1.29, 1.82) is 0 Å². The highest BCUT2D eigenvalue weighted by atomic mass is 35.5. The molecular formula is C13H11ClN2O. The number of nitrogens with two attached hydrogens (primary N) is 1. The molecule has 0 bridgehead atoms. The van der Waals surface area contributed by atoms with Crippen molar-refractivity contribution >= 4 is 17.3 Å². The fourth-order valence-corrected chi connectivity index (χ4v) is 1.69. The molecule has 0 fully saturated rings. The Morgan fingerprint density at radius 1 is 1.06 bits per heavy atom. The third-order valence-electron chi connectivity index (χ3n) is 2.40. The fourth-order valence-electron chi connectivity index (χ4n) is 1.57. The molecule has 0 aliphatic carbocycles. The van der Waals surface area contributed by atoms with E-state index in [4.69, 9.17) is 17.4 Å². The SMILES string of the molecule is NN=C(c1ccccc1)c1ccc(Cl)c(O)c1. The lowest BCUT2D eigenvalue weighted by Crippen LogP contribution is -2.06. The summed E-state index contributed by atoms with van der Waals surface area (Å²) in [6.45, 7) is 0. The van der Waals surface area contributed by atoms with Gasteiger partial charge in [0, 0.05) is 11.1 Å². The number of benzene rings is 2. The maximum atomic E-state index is 9.56. The molecule has 3 N–H and O–H groups in total. The van der Waals surface area contributed by atoms with E-state index < -0.39 is 0 Å². The first-order chi connectivity index (χ1) is 8.22. The standard InChI is InChI=1S/C13H11ClN2O/c14-11-7-6-10(8-12(11)17)13(16-15)9-4-2-1-3-5-9/h1-8,17H,15H2. The molecule has 2 rings (SSSR count). The van der Waals surface area contributed by atoms with Gasteiger partial charge in [0.15, 0.2) is 0 Å². The van der Waals surface area contributed by atoms with E-state index in [1.165, 1.54) is 0 Å². The van der Waals surface area contributed by atoms with Gasteiger partial charge in [-0.2, -0.15) is 5.10 Å². The molecule has 0 saturated carbocycles. The zero-order valence-electron chi connectivity index (χ0n) is 8.97. The monoisotopic (exact) mass is 246 g/mol. The van der Waals surface area contributed by atoms with Crippen molar-refractivity contribution in [3.63, 3.8) is 0 Å². The first kappa shape index (κ1) is 11.5. The molecule has 4 heteroatoms. The van der Waals surface area contributed by atoms with Crippen LogP contribution in [0.3, 0.4) is 0 Å². The van der Waals surface area contributed by atoms with Gasteiger partial charge in [-0.1, -0.05) is 48.0 Å². The quantitative estimate of drug-likeness (QED) is 0.486. The summed E-state index contributed by atoms with van der Waals surface area (Å²) in [5, 5.41) is 13.6. The molecule has 0 radical (unpaired) electrons. The summed E-state index contributed by atoms with van der Waals surface area (Å²) in [5.41, 5.74) is 2.22. The second kappa shape index (κ2) is 4.89. The third kappa shape index (κ3) is 2.40. The molecule has 17 heavy (non-hydrogen) atoms. The summed E-state index contributed by atoms with van der Waals surface area (Å²) < 4.78 is 0. The molecule has 2 aromatic carbocycles. The molecule has 0 aromatic heterocycles. The maximum absolute atomic E-state index is 9.56. The average Bonchev–Trinajstić information content (AvgIpc) is 2.36. The molecule has 0 unspecified atom stereocenters. The van der Waals surface area contributed by atoms with Gasteiger partial charge in [-0.3, -0.25) is 0 Å². The largest absolute Gasteiger partial charge is 0.506 e. The van der Waals surface area contributed by atoms with Crippen LogP contribution in [0.25, 0.3) is 0 Å². The summed E-state index contributed by atoms with van der Waals surface area (Å²) in [7, 11) is 0. The molecule has 0 saturated heterocycles. The highest BCUT2D eigenvalue weighted by Gasteiger charge is 2.08. The number of phenolic OH excluding ortho intramolecular Hbond substituents is 1. The topological polar surface area (TPSA) is 58.6 Å². The molecule has 0 amide bonds. The average molecular weight is 247 g/mol. The molecule has 2 aromatic rings. The molecule has 0 atom stereocenters. The Bertz CT molecular complexity index is 553. The minimum Gasteiger partial charge on any atom is -0.506 e. The number of hydrazone groups is 1. The highest BCUT2D eigenvalue weighted by molar-refractivity contribution is 6.32. The Kier molecular flexibility index (Phi) is 3.30. The van der Waals surface area contributed by atoms with E-state index in [2.05, 4.69) is 5.10 Å². The van der Waals surface area contributed by atoms with Crippen molar-refractivity contribution in [2.24, 2.45) is 10.9 Å². The van der Waals surface area contributed by atoms with Crippen LogP contribution in [0.1, 0.15) is 11.1 Å². The van der Waals surface area contributed by atoms with Crippen molar-refractivity contribution in [1.82, 2.24) is 0 Å². The lowest BCUT2D eigenvalue weighted by Gasteiger charge is -2.06. The van der Waals surface area contributed by atoms with Gasteiger partial charge in [-0.25, -0.2) is 0 Å². The van der Waals surface area contributed by atoms with E-state index in [-0.39, 0.29) is 5.75 Å². The fraction of sp³-hybridized carbons (Fsp3) is 0. The summed E-state index contributed by atoms with van der Waals surface area (Å²) >= 11 is 5.75. The lowest BCUT2D eigenvalue weighted by atomic mass is 10.0. The zero-order chi connectivity index (χ0) is 12.3. The summed E-state index contributed by atoms with van der Waals surface area (Å²) in [6.07, 6.45) is 0. The Morgan fingerprint density at radius 2 is 1.76 bits per heavy atom. The van der Waals surface area contributed by atoms with Crippen molar-refractivity contribution in [3.05, 3.63) is 64.7 Å². The molecule has 0 heterocycles. The van der Waals surface area contributed by atoms with Crippen LogP contribution >= 0.6 is 11.6 Å². The minimum absolute atomic E-state index is 0.0150. The number of aromatic hydroxyl groups is 1. The first-order valence-electron chi connectivity index (χ1n) is 5.04. The predicted molar refractivity (Wildman–Crippen MR) is 69.4 cm³/mol. The smallest absolute Gasteiger partial charge is 0.134 e. The third-order valence-corrected chi connectivity index (χ3v) is 2.72. The van der Waals surface area contributed by atoms with Crippen LogP contribution in [-0.4, -0.2) is 10.8 Å². The predicted octanol–water partition coefficient (Wildman–Crippen LogP) is 2.76. The molecule has 0 aliphatic rings. The summed E-state index contributed by atoms with van der Waals surface area (Å²) in [5.74, 6) is 5.41. The molecular weight excluding hydrogens is 236 g/mol. The Labute approximate surface area is 104 Å². The van der Waals surface area contributed by atoms with Crippen LogP contribution in [0.4, 0.5) is 0 Å². The zero-order valence-corrected chi connectivity index (χ0v) is 9.72. The van der Waals surface area contributed by atoms with Crippen molar-refractivity contribution in [2.75, 3.05) is 0 Å². The van der Waals surface area contributed by atoms with Gasteiger partial charge in [0.2, 0.25) is 0 Å². The van der Waals surface area contributed by atoms with Gasteiger partial charge in [0.25, 0.3) is 0 Å². The van der Waals surface area contributed by atoms with E-state index in [1.807, 2.05) is 30.3 Å². The van der Waals surface area contributed by atoms with Gasteiger partial charge in [0.1, 0.15) is 5.75 Å². The molecule has 3 nitrogen and oxygen atoms in total. The Morgan fingerprint density at radius 3 is 2.35 bits per heavy atom. The van der Waals surface area contributed by atoms with Crippen LogP contribution in [0.5, 0.6) is 5.75 Å². The van der Waals surface area contributed by atoms with E-state index in [9.17, 15) is 5.11 Å². The number of nitrogens with zero attached hydrogens (tertiary/aromatic N) is 1. The number of hydrogen-bond donors (Lipinski definition) is 2. The second-order valence-corrected chi connectivity index (χ2v) is 3.92. The highest BCUT2D eigenvalue weighted by Crippen LogP contribution is 2.25. The van der Waals surface area contributed by atoms with Gasteiger partial charge in [0.05, 0.1) is 10.7 Å². The van der Waals surface area contributed by atoms with Gasteiger partial charge in [-0.05, 0) is 12.1 Å². The van der Waals surface area contributed by atoms with Crippen LogP contribution in [0.15, 0.2) is 53.6 Å². The maximum Gasteiger partial charge on any atom is 0.134 e. The van der Waals surface area contributed by atoms with E-state index in [0.717, 1.165) is 11.1 Å². The van der Waals surface area contributed by atoms with E-state index in [1.54, 1.807) is 18.2 Å².